The SMILES string of the molecule is C[C@@H](c1cccc(S(C)(=O)=O)c1)[Si](c1ccccc1)c1ccccc1. The zero-order chi connectivity index (χ0) is 17.9. The minimum absolute atomic E-state index is 0.247. The molecule has 1 atom stereocenters. The van der Waals surface area contributed by atoms with Crippen LogP contribution in [0.3, 0.4) is 0 Å². The molecule has 0 aliphatic heterocycles. The van der Waals surface area contributed by atoms with Gasteiger partial charge in [0, 0.05) is 6.26 Å². The molecule has 0 aliphatic rings. The van der Waals surface area contributed by atoms with Crippen molar-refractivity contribution in [3.63, 3.8) is 0 Å². The average molecular weight is 366 g/mol. The van der Waals surface area contributed by atoms with Crippen LogP contribution in [0.25, 0.3) is 0 Å². The molecule has 0 aromatic heterocycles. The fraction of sp³-hybridized carbons (Fsp3) is 0.143. The quantitative estimate of drug-likeness (QED) is 0.651. The zero-order valence-corrected chi connectivity index (χ0v) is 16.2. The molecule has 0 aliphatic carbocycles. The van der Waals surface area contributed by atoms with E-state index in [0.29, 0.717) is 4.90 Å². The second-order valence-corrected chi connectivity index (χ2v) is 11.1. The Labute approximate surface area is 151 Å². The first-order chi connectivity index (χ1) is 12.0. The highest BCUT2D eigenvalue weighted by molar-refractivity contribution is 7.90. The predicted octanol–water partition coefficient (Wildman–Crippen LogP) is 3.04. The van der Waals surface area contributed by atoms with E-state index in [0.717, 1.165) is 5.56 Å². The third-order valence-electron chi connectivity index (χ3n) is 4.39. The Hall–Kier alpha value is -2.17. The maximum absolute atomic E-state index is 11.9. The molecule has 0 bridgehead atoms. The van der Waals surface area contributed by atoms with Crippen molar-refractivity contribution >= 4 is 29.0 Å². The van der Waals surface area contributed by atoms with E-state index >= 15 is 0 Å². The van der Waals surface area contributed by atoms with Gasteiger partial charge in [0.25, 0.3) is 0 Å². The maximum Gasteiger partial charge on any atom is 0.175 e. The lowest BCUT2D eigenvalue weighted by Crippen LogP contribution is -2.46. The van der Waals surface area contributed by atoms with Crippen molar-refractivity contribution in [2.75, 3.05) is 6.26 Å². The lowest BCUT2D eigenvalue weighted by molar-refractivity contribution is 0.601. The summed E-state index contributed by atoms with van der Waals surface area (Å²) in [5, 5.41) is 2.66. The minimum atomic E-state index is -3.20. The van der Waals surface area contributed by atoms with Crippen LogP contribution < -0.4 is 10.4 Å². The predicted molar refractivity (Wildman–Crippen MR) is 106 cm³/mol. The van der Waals surface area contributed by atoms with Crippen LogP contribution >= 0.6 is 0 Å². The number of rotatable bonds is 5. The molecule has 3 rings (SSSR count). The van der Waals surface area contributed by atoms with Gasteiger partial charge in [-0.3, -0.25) is 0 Å². The molecule has 3 aromatic rings. The van der Waals surface area contributed by atoms with Gasteiger partial charge in [-0.25, -0.2) is 8.42 Å². The van der Waals surface area contributed by atoms with Crippen LogP contribution in [0.4, 0.5) is 0 Å². The van der Waals surface area contributed by atoms with E-state index in [9.17, 15) is 8.42 Å². The van der Waals surface area contributed by atoms with Crippen LogP contribution in [-0.4, -0.2) is 23.5 Å². The van der Waals surface area contributed by atoms with Crippen LogP contribution in [0.5, 0.6) is 0 Å². The van der Waals surface area contributed by atoms with Gasteiger partial charge < -0.3 is 0 Å². The monoisotopic (exact) mass is 365 g/mol. The van der Waals surface area contributed by atoms with E-state index in [1.807, 2.05) is 30.3 Å². The first kappa shape index (κ1) is 17.6. The molecule has 0 unspecified atom stereocenters. The van der Waals surface area contributed by atoms with Crippen molar-refractivity contribution in [1.29, 1.82) is 0 Å². The van der Waals surface area contributed by atoms with Crippen LogP contribution in [-0.2, 0) is 9.84 Å². The molecule has 0 heterocycles. The summed E-state index contributed by atoms with van der Waals surface area (Å²) in [6.07, 6.45) is 1.26. The molecule has 0 saturated carbocycles. The highest BCUT2D eigenvalue weighted by atomic mass is 32.2. The summed E-state index contributed by atoms with van der Waals surface area (Å²) >= 11 is 0. The third kappa shape index (κ3) is 4.09. The fourth-order valence-corrected chi connectivity index (χ4v) is 6.71. The number of benzene rings is 3. The molecule has 0 spiro atoms. The van der Waals surface area contributed by atoms with Crippen molar-refractivity contribution in [2.45, 2.75) is 17.4 Å². The molecule has 0 amide bonds. The van der Waals surface area contributed by atoms with E-state index in [4.69, 9.17) is 0 Å². The molecule has 2 nitrogen and oxygen atoms in total. The highest BCUT2D eigenvalue weighted by Crippen LogP contribution is 2.22. The van der Waals surface area contributed by atoms with Gasteiger partial charge in [-0.15, -0.1) is 0 Å². The van der Waals surface area contributed by atoms with E-state index in [1.54, 1.807) is 6.07 Å². The van der Waals surface area contributed by atoms with Gasteiger partial charge in [-0.2, -0.15) is 0 Å². The standard InChI is InChI=1S/C21H21O2SSi/c1-17(18-10-9-11-19(16-18)24(2,22)23)25(20-12-5-3-6-13-20)21-14-7-4-8-15-21/h3-17H,1-2H3/t17-/m0/s1. The highest BCUT2D eigenvalue weighted by Gasteiger charge is 2.25. The Kier molecular flexibility index (Phi) is 5.21. The van der Waals surface area contributed by atoms with Crippen molar-refractivity contribution < 1.29 is 8.42 Å². The number of sulfone groups is 1. The van der Waals surface area contributed by atoms with Crippen LogP contribution in [0, 0.1) is 0 Å². The molecule has 0 N–H and O–H groups in total. The molecule has 4 heteroatoms. The smallest absolute Gasteiger partial charge is 0.175 e. The minimum Gasteiger partial charge on any atom is -0.224 e. The first-order valence-electron chi connectivity index (χ1n) is 8.24. The van der Waals surface area contributed by atoms with Crippen molar-refractivity contribution in [1.82, 2.24) is 0 Å². The summed E-state index contributed by atoms with van der Waals surface area (Å²) in [5.74, 6) is 0. The molecule has 3 aromatic carbocycles. The lowest BCUT2D eigenvalue weighted by Gasteiger charge is -2.24. The van der Waals surface area contributed by atoms with Crippen molar-refractivity contribution in [3.8, 4) is 0 Å². The van der Waals surface area contributed by atoms with E-state index < -0.39 is 18.6 Å². The number of hydrogen-bond acceptors (Lipinski definition) is 2. The molecule has 25 heavy (non-hydrogen) atoms. The second-order valence-electron chi connectivity index (χ2n) is 6.21. The van der Waals surface area contributed by atoms with Crippen molar-refractivity contribution in [3.05, 3.63) is 90.5 Å². The van der Waals surface area contributed by atoms with Gasteiger partial charge in [-0.1, -0.05) is 90.1 Å². The maximum atomic E-state index is 11.9. The Bertz CT molecular complexity index is 898. The summed E-state index contributed by atoms with van der Waals surface area (Å²) in [6.45, 7) is 2.20. The molecule has 0 saturated heterocycles. The van der Waals surface area contributed by atoms with Gasteiger partial charge in [-0.05, 0) is 23.2 Å². The average Bonchev–Trinajstić information content (AvgIpc) is 2.63. The molecule has 127 valence electrons. The third-order valence-corrected chi connectivity index (χ3v) is 8.61. The molecule has 1 radical (unpaired) electrons. The Morgan fingerprint density at radius 1 is 0.760 bits per heavy atom. The van der Waals surface area contributed by atoms with Crippen LogP contribution in [0.15, 0.2) is 89.8 Å². The summed E-state index contributed by atoms with van der Waals surface area (Å²) in [4.78, 5) is 0.388. The normalized spacial score (nSPS) is 12.9. The van der Waals surface area contributed by atoms with E-state index in [1.165, 1.54) is 16.6 Å². The van der Waals surface area contributed by atoms with Gasteiger partial charge in [0.15, 0.2) is 9.84 Å². The topological polar surface area (TPSA) is 34.1 Å². The van der Waals surface area contributed by atoms with Gasteiger partial charge in [0.2, 0.25) is 0 Å². The van der Waals surface area contributed by atoms with Crippen molar-refractivity contribution in [2.24, 2.45) is 0 Å². The van der Waals surface area contributed by atoms with Crippen LogP contribution in [0.1, 0.15) is 18.0 Å². The summed E-state index contributed by atoms with van der Waals surface area (Å²) in [5.41, 5.74) is 1.32. The summed E-state index contributed by atoms with van der Waals surface area (Å²) in [7, 11) is -4.29. The first-order valence-corrected chi connectivity index (χ1v) is 11.7. The van der Waals surface area contributed by atoms with Gasteiger partial charge >= 0.3 is 0 Å². The van der Waals surface area contributed by atoms with E-state index in [2.05, 4.69) is 55.5 Å². The van der Waals surface area contributed by atoms with Crippen LogP contribution in [0.2, 0.25) is 0 Å². The summed E-state index contributed by atoms with van der Waals surface area (Å²) < 4.78 is 23.9. The molecular weight excluding hydrogens is 344 g/mol. The number of hydrogen-bond donors (Lipinski definition) is 0. The van der Waals surface area contributed by atoms with Gasteiger partial charge in [0.05, 0.1) is 4.90 Å². The Balaban J connectivity index is 2.08. The second kappa shape index (κ2) is 7.38. The largest absolute Gasteiger partial charge is 0.224 e. The molecule has 0 fully saturated rings. The van der Waals surface area contributed by atoms with E-state index in [-0.39, 0.29) is 5.54 Å². The van der Waals surface area contributed by atoms with Gasteiger partial charge in [0.1, 0.15) is 8.80 Å². The Morgan fingerprint density at radius 2 is 1.28 bits per heavy atom. The summed E-state index contributed by atoms with van der Waals surface area (Å²) in [6, 6.07) is 28.4. The zero-order valence-electron chi connectivity index (χ0n) is 14.4. The fourth-order valence-electron chi connectivity index (χ4n) is 3.08. The Morgan fingerprint density at radius 3 is 1.76 bits per heavy atom. The molecular formula is C21H21O2SSi. The lowest BCUT2D eigenvalue weighted by atomic mass is 10.2.